The van der Waals surface area contributed by atoms with E-state index in [1.165, 1.54) is 18.5 Å². The summed E-state index contributed by atoms with van der Waals surface area (Å²) in [5, 5.41) is 8.32. The van der Waals surface area contributed by atoms with Gasteiger partial charge in [-0.05, 0) is 44.2 Å². The molecule has 0 radical (unpaired) electrons. The molecule has 0 fully saturated rings. The first-order chi connectivity index (χ1) is 12.9. The Hall–Kier alpha value is -3.04. The second kappa shape index (κ2) is 7.68. The number of sulfonamides is 1. The summed E-state index contributed by atoms with van der Waals surface area (Å²) < 4.78 is 28.8. The number of ether oxygens (including phenoxy) is 1. The van der Waals surface area contributed by atoms with E-state index in [9.17, 15) is 8.42 Å². The molecule has 0 amide bonds. The van der Waals surface area contributed by atoms with Crippen molar-refractivity contribution in [2.45, 2.75) is 18.7 Å². The van der Waals surface area contributed by atoms with E-state index < -0.39 is 10.0 Å². The number of nitrogens with two attached hydrogens (primary N) is 1. The number of nitrogens with one attached hydrogen (secondary N) is 1. The molecule has 0 saturated carbocycles. The van der Waals surface area contributed by atoms with E-state index in [1.54, 1.807) is 12.1 Å². The maximum Gasteiger partial charge on any atom is 0.239 e. The fourth-order valence-electron chi connectivity index (χ4n) is 2.44. The molecule has 0 aromatic carbocycles. The van der Waals surface area contributed by atoms with Crippen molar-refractivity contribution in [1.29, 1.82) is 0 Å². The Morgan fingerprint density at radius 2 is 1.89 bits per heavy atom. The van der Waals surface area contributed by atoms with E-state index >= 15 is 0 Å². The molecule has 0 aliphatic heterocycles. The summed E-state index contributed by atoms with van der Waals surface area (Å²) in [4.78, 5) is 12.7. The molecule has 0 atom stereocenters. The molecule has 9 heteroatoms. The van der Waals surface area contributed by atoms with E-state index in [2.05, 4.69) is 20.3 Å². The summed E-state index contributed by atoms with van der Waals surface area (Å²) in [6, 6.07) is 10.6. The Labute approximate surface area is 157 Å². The highest BCUT2D eigenvalue weighted by atomic mass is 32.2. The van der Waals surface area contributed by atoms with E-state index in [4.69, 9.17) is 9.88 Å². The molecule has 0 spiro atoms. The smallest absolute Gasteiger partial charge is 0.239 e. The van der Waals surface area contributed by atoms with Crippen molar-refractivity contribution in [3.63, 3.8) is 0 Å². The van der Waals surface area contributed by atoms with E-state index in [-0.39, 0.29) is 4.90 Å². The van der Waals surface area contributed by atoms with Gasteiger partial charge >= 0.3 is 0 Å². The Morgan fingerprint density at radius 3 is 2.59 bits per heavy atom. The van der Waals surface area contributed by atoms with E-state index in [0.29, 0.717) is 35.2 Å². The third-order valence-electron chi connectivity index (χ3n) is 3.64. The summed E-state index contributed by atoms with van der Waals surface area (Å²) in [7, 11) is -3.86. The van der Waals surface area contributed by atoms with Crippen LogP contribution < -0.4 is 15.2 Å². The third-order valence-corrected chi connectivity index (χ3v) is 4.52. The average Bonchev–Trinajstić information content (AvgIpc) is 2.62. The molecular formula is C18H19N5O3S. The van der Waals surface area contributed by atoms with Gasteiger partial charge in [-0.15, -0.1) is 0 Å². The van der Waals surface area contributed by atoms with Gasteiger partial charge in [-0.2, -0.15) is 4.98 Å². The molecule has 0 aliphatic carbocycles. The highest BCUT2D eigenvalue weighted by Gasteiger charge is 2.14. The standard InChI is InChI=1S/C18H19N5O3S/c1-3-26-18-15(13-9-14(11-20-10-13)27(19,24)25)7-8-17(23-18)22-16-6-4-5-12(2)21-16/h4-11H,3H2,1-2H3,(H2,19,24,25)(H,21,22,23). The van der Waals surface area contributed by atoms with Crippen LogP contribution in [0.3, 0.4) is 0 Å². The molecule has 3 heterocycles. The topological polar surface area (TPSA) is 120 Å². The van der Waals surface area contributed by atoms with Crippen molar-refractivity contribution in [3.8, 4) is 17.0 Å². The van der Waals surface area contributed by atoms with Crippen LogP contribution in [0.4, 0.5) is 11.6 Å². The SMILES string of the molecule is CCOc1nc(Nc2cccc(C)n2)ccc1-c1cncc(S(N)(=O)=O)c1. The fourth-order valence-corrected chi connectivity index (χ4v) is 2.94. The lowest BCUT2D eigenvalue weighted by atomic mass is 10.1. The van der Waals surface area contributed by atoms with Crippen molar-refractivity contribution < 1.29 is 13.2 Å². The van der Waals surface area contributed by atoms with Crippen molar-refractivity contribution in [2.75, 3.05) is 11.9 Å². The molecule has 3 rings (SSSR count). The van der Waals surface area contributed by atoms with Gasteiger partial charge in [0.15, 0.2) is 0 Å². The van der Waals surface area contributed by atoms with Gasteiger partial charge in [0.05, 0.1) is 6.61 Å². The predicted molar refractivity (Wildman–Crippen MR) is 102 cm³/mol. The van der Waals surface area contributed by atoms with Crippen LogP contribution in [0, 0.1) is 6.92 Å². The summed E-state index contributed by atoms with van der Waals surface area (Å²) in [6.07, 6.45) is 2.73. The number of nitrogens with zero attached hydrogens (tertiary/aromatic N) is 3. The molecule has 3 aromatic heterocycles. The summed E-state index contributed by atoms with van der Waals surface area (Å²) >= 11 is 0. The Bertz CT molecular complexity index is 1070. The lowest BCUT2D eigenvalue weighted by molar-refractivity contribution is 0.329. The maximum atomic E-state index is 11.6. The fraction of sp³-hybridized carbons (Fsp3) is 0.167. The van der Waals surface area contributed by atoms with Crippen LogP contribution in [0.1, 0.15) is 12.6 Å². The number of aryl methyl sites for hydroxylation is 1. The van der Waals surface area contributed by atoms with Gasteiger partial charge in [0, 0.05) is 29.2 Å². The van der Waals surface area contributed by atoms with Crippen LogP contribution in [0.15, 0.2) is 53.7 Å². The van der Waals surface area contributed by atoms with Gasteiger partial charge in [0.2, 0.25) is 15.9 Å². The molecule has 3 N–H and O–H groups in total. The number of pyridine rings is 3. The molecule has 3 aromatic rings. The molecular weight excluding hydrogens is 366 g/mol. The summed E-state index contributed by atoms with van der Waals surface area (Å²) in [6.45, 7) is 4.14. The Balaban J connectivity index is 1.99. The highest BCUT2D eigenvalue weighted by molar-refractivity contribution is 7.89. The summed E-state index contributed by atoms with van der Waals surface area (Å²) in [5.41, 5.74) is 2.03. The third kappa shape index (κ3) is 4.57. The van der Waals surface area contributed by atoms with Crippen molar-refractivity contribution in [3.05, 3.63) is 54.5 Å². The van der Waals surface area contributed by atoms with Gasteiger partial charge in [-0.1, -0.05) is 6.07 Å². The van der Waals surface area contributed by atoms with E-state index in [1.807, 2.05) is 32.0 Å². The van der Waals surface area contributed by atoms with Crippen LogP contribution in [0.2, 0.25) is 0 Å². The van der Waals surface area contributed by atoms with Gasteiger partial charge in [0.1, 0.15) is 16.5 Å². The van der Waals surface area contributed by atoms with Crippen LogP contribution >= 0.6 is 0 Å². The Kier molecular flexibility index (Phi) is 5.33. The van der Waals surface area contributed by atoms with Gasteiger partial charge in [-0.3, -0.25) is 4.98 Å². The maximum absolute atomic E-state index is 11.6. The quantitative estimate of drug-likeness (QED) is 0.669. The highest BCUT2D eigenvalue weighted by Crippen LogP contribution is 2.31. The van der Waals surface area contributed by atoms with Crippen molar-refractivity contribution in [2.24, 2.45) is 5.14 Å². The largest absolute Gasteiger partial charge is 0.477 e. The first kappa shape index (κ1) is 18.7. The number of aromatic nitrogens is 3. The number of anilines is 2. The van der Waals surface area contributed by atoms with Crippen LogP contribution in [0.25, 0.3) is 11.1 Å². The van der Waals surface area contributed by atoms with Crippen LogP contribution in [-0.2, 0) is 10.0 Å². The molecule has 0 bridgehead atoms. The van der Waals surface area contributed by atoms with Crippen molar-refractivity contribution in [1.82, 2.24) is 15.0 Å². The predicted octanol–water partition coefficient (Wildman–Crippen LogP) is 2.64. The first-order valence-corrected chi connectivity index (χ1v) is 9.74. The minimum atomic E-state index is -3.86. The molecule has 8 nitrogen and oxygen atoms in total. The lowest BCUT2D eigenvalue weighted by Crippen LogP contribution is -2.12. The van der Waals surface area contributed by atoms with Gasteiger partial charge in [0.25, 0.3) is 0 Å². The number of hydrogen-bond acceptors (Lipinski definition) is 7. The monoisotopic (exact) mass is 385 g/mol. The minimum Gasteiger partial charge on any atom is -0.477 e. The zero-order valence-electron chi connectivity index (χ0n) is 14.9. The Morgan fingerprint density at radius 1 is 1.11 bits per heavy atom. The normalized spacial score (nSPS) is 11.2. The molecule has 27 heavy (non-hydrogen) atoms. The van der Waals surface area contributed by atoms with Crippen LogP contribution in [-0.4, -0.2) is 30.0 Å². The first-order valence-electron chi connectivity index (χ1n) is 8.19. The zero-order valence-corrected chi connectivity index (χ0v) is 15.7. The van der Waals surface area contributed by atoms with E-state index in [0.717, 1.165) is 5.69 Å². The van der Waals surface area contributed by atoms with Gasteiger partial charge < -0.3 is 10.1 Å². The summed E-state index contributed by atoms with van der Waals surface area (Å²) in [5.74, 6) is 1.56. The van der Waals surface area contributed by atoms with Gasteiger partial charge in [-0.25, -0.2) is 18.5 Å². The zero-order chi connectivity index (χ0) is 19.4. The average molecular weight is 385 g/mol. The lowest BCUT2D eigenvalue weighted by Gasteiger charge is -2.12. The number of hydrogen-bond donors (Lipinski definition) is 2. The number of primary sulfonamides is 1. The number of rotatable bonds is 6. The molecule has 0 unspecified atom stereocenters. The second-order valence-electron chi connectivity index (χ2n) is 5.73. The van der Waals surface area contributed by atoms with Crippen molar-refractivity contribution >= 4 is 21.7 Å². The van der Waals surface area contributed by atoms with Crippen LogP contribution in [0.5, 0.6) is 5.88 Å². The minimum absolute atomic E-state index is 0.0754. The second-order valence-corrected chi connectivity index (χ2v) is 7.29. The molecule has 140 valence electrons. The molecule has 0 saturated heterocycles. The molecule has 0 aliphatic rings.